The van der Waals surface area contributed by atoms with Crippen molar-refractivity contribution in [1.29, 1.82) is 0 Å². The van der Waals surface area contributed by atoms with Gasteiger partial charge in [0.05, 0.1) is 30.5 Å². The van der Waals surface area contributed by atoms with Crippen molar-refractivity contribution in [2.45, 2.75) is 79.1 Å². The van der Waals surface area contributed by atoms with Crippen LogP contribution in [0.2, 0.25) is 0 Å². The molecule has 10 heteroatoms. The zero-order chi connectivity index (χ0) is 34.2. The minimum atomic E-state index is -0.270. The summed E-state index contributed by atoms with van der Waals surface area (Å²) in [7, 11) is 0. The Hall–Kier alpha value is -4.83. The largest absolute Gasteiger partial charge is 0.357 e. The summed E-state index contributed by atoms with van der Waals surface area (Å²) in [5.41, 5.74) is 6.99. The minimum absolute atomic E-state index is 0.0113. The molecule has 3 aromatic carbocycles. The van der Waals surface area contributed by atoms with Crippen LogP contribution in [0.4, 0.5) is 5.69 Å². The highest BCUT2D eigenvalue weighted by molar-refractivity contribution is 6.01. The van der Waals surface area contributed by atoms with Crippen molar-refractivity contribution in [3.8, 4) is 22.5 Å². The van der Waals surface area contributed by atoms with Crippen LogP contribution in [0.25, 0.3) is 22.5 Å². The molecular formula is C38H46N6O4. The second-order valence-electron chi connectivity index (χ2n) is 13.1. The van der Waals surface area contributed by atoms with E-state index in [1.807, 2.05) is 81.4 Å². The summed E-state index contributed by atoms with van der Waals surface area (Å²) >= 11 is 0. The number of para-hydroxylation sites is 1. The number of carbonyl (C=O) groups is 3. The molecule has 2 heterocycles. The molecule has 3 amide bonds. The smallest absolute Gasteiger partial charge is 0.227 e. The Bertz CT molecular complexity index is 1730. The van der Waals surface area contributed by atoms with Crippen LogP contribution < -0.4 is 15.5 Å². The third-order valence-electron chi connectivity index (χ3n) is 8.38. The van der Waals surface area contributed by atoms with Gasteiger partial charge in [0.2, 0.25) is 17.7 Å². The molecule has 4 aromatic rings. The van der Waals surface area contributed by atoms with Gasteiger partial charge in [-0.05, 0) is 55.9 Å². The van der Waals surface area contributed by atoms with E-state index in [-0.39, 0.29) is 49.3 Å². The van der Waals surface area contributed by atoms with Gasteiger partial charge in [-0.3, -0.25) is 14.4 Å². The van der Waals surface area contributed by atoms with E-state index in [1.54, 1.807) is 9.58 Å². The standard InChI is InChI=1S/C38H46N6O4/c1-25(2)22-28-14-16-29(17-15-28)27(5)38(47)39-20-21-48-24-44-37-31-11-7-6-10-30(31)23-43(35(46)19-18-34(45)40-26(3)4)33-13-9-8-12-32(33)36(37)41-42-44/h6-17,25-27H,18-24H2,1-5H3,(H,39,47)(H,40,45). The third-order valence-corrected chi connectivity index (χ3v) is 8.38. The van der Waals surface area contributed by atoms with Crippen LogP contribution in [-0.4, -0.2) is 51.9 Å². The first-order valence-corrected chi connectivity index (χ1v) is 16.8. The van der Waals surface area contributed by atoms with Gasteiger partial charge >= 0.3 is 0 Å². The van der Waals surface area contributed by atoms with Crippen LogP contribution in [0.15, 0.2) is 72.8 Å². The Morgan fingerprint density at radius 2 is 1.58 bits per heavy atom. The van der Waals surface area contributed by atoms with E-state index in [9.17, 15) is 14.4 Å². The van der Waals surface area contributed by atoms with Gasteiger partial charge < -0.3 is 20.3 Å². The molecule has 0 saturated carbocycles. The normalized spacial score (nSPS) is 12.9. The fourth-order valence-corrected chi connectivity index (χ4v) is 5.99. The van der Waals surface area contributed by atoms with Crippen molar-refractivity contribution in [2.75, 3.05) is 18.1 Å². The molecule has 252 valence electrons. The predicted molar refractivity (Wildman–Crippen MR) is 187 cm³/mol. The third kappa shape index (κ3) is 8.36. The van der Waals surface area contributed by atoms with Crippen LogP contribution in [0.5, 0.6) is 0 Å². The molecule has 1 aliphatic heterocycles. The van der Waals surface area contributed by atoms with E-state index in [1.165, 1.54) is 5.56 Å². The van der Waals surface area contributed by atoms with Gasteiger partial charge in [0.15, 0.2) is 0 Å². The first-order valence-electron chi connectivity index (χ1n) is 16.8. The highest BCUT2D eigenvalue weighted by Gasteiger charge is 2.29. The minimum Gasteiger partial charge on any atom is -0.357 e. The SMILES string of the molecule is CC(C)Cc1ccc(C(C)C(=O)NCCOCn2nnc3c2-c2ccccc2CN(C(=O)CCC(=O)NC(C)C)c2ccccc2-3)cc1. The number of fused-ring (bicyclic) bond motifs is 5. The molecule has 1 aliphatic rings. The van der Waals surface area contributed by atoms with Gasteiger partial charge in [-0.1, -0.05) is 85.8 Å². The summed E-state index contributed by atoms with van der Waals surface area (Å²) in [4.78, 5) is 40.5. The van der Waals surface area contributed by atoms with Crippen molar-refractivity contribution in [3.05, 3.63) is 89.5 Å². The number of hydrogen-bond acceptors (Lipinski definition) is 6. The van der Waals surface area contributed by atoms with Gasteiger partial charge in [-0.2, -0.15) is 0 Å². The average Bonchev–Trinajstić information content (AvgIpc) is 3.47. The molecule has 0 fully saturated rings. The molecule has 48 heavy (non-hydrogen) atoms. The Labute approximate surface area is 282 Å². The number of anilines is 1. The fraction of sp³-hybridized carbons (Fsp3) is 0.395. The lowest BCUT2D eigenvalue weighted by atomic mass is 9.95. The number of ether oxygens (including phenoxy) is 1. The van der Waals surface area contributed by atoms with Gasteiger partial charge in [0.1, 0.15) is 12.4 Å². The number of benzene rings is 3. The summed E-state index contributed by atoms with van der Waals surface area (Å²) in [5, 5.41) is 14.9. The highest BCUT2D eigenvalue weighted by atomic mass is 16.5. The second kappa shape index (κ2) is 15.8. The lowest BCUT2D eigenvalue weighted by Gasteiger charge is -2.28. The number of rotatable bonds is 13. The quantitative estimate of drug-likeness (QED) is 0.175. The molecule has 1 unspecified atom stereocenters. The molecule has 5 rings (SSSR count). The molecule has 0 saturated heterocycles. The number of amides is 3. The molecular weight excluding hydrogens is 604 g/mol. The van der Waals surface area contributed by atoms with Crippen LogP contribution in [0.1, 0.15) is 70.1 Å². The monoisotopic (exact) mass is 650 g/mol. The van der Waals surface area contributed by atoms with Crippen molar-refractivity contribution in [1.82, 2.24) is 25.6 Å². The maximum atomic E-state index is 13.6. The summed E-state index contributed by atoms with van der Waals surface area (Å²) in [6, 6.07) is 23.8. The molecule has 0 spiro atoms. The maximum absolute atomic E-state index is 13.6. The fourth-order valence-electron chi connectivity index (χ4n) is 5.99. The maximum Gasteiger partial charge on any atom is 0.227 e. The van der Waals surface area contributed by atoms with E-state index < -0.39 is 0 Å². The molecule has 0 radical (unpaired) electrons. The van der Waals surface area contributed by atoms with Gasteiger partial charge in [-0.15, -0.1) is 5.10 Å². The van der Waals surface area contributed by atoms with Gasteiger partial charge in [0.25, 0.3) is 0 Å². The van der Waals surface area contributed by atoms with Crippen LogP contribution in [0, 0.1) is 5.92 Å². The zero-order valence-corrected chi connectivity index (χ0v) is 28.5. The Morgan fingerprint density at radius 1 is 0.875 bits per heavy atom. The number of carbonyl (C=O) groups excluding carboxylic acids is 3. The molecule has 2 N–H and O–H groups in total. The second-order valence-corrected chi connectivity index (χ2v) is 13.1. The van der Waals surface area contributed by atoms with Crippen molar-refractivity contribution < 1.29 is 19.1 Å². The number of nitrogens with one attached hydrogen (secondary N) is 2. The Balaban J connectivity index is 1.27. The van der Waals surface area contributed by atoms with Crippen LogP contribution >= 0.6 is 0 Å². The van der Waals surface area contributed by atoms with Gasteiger partial charge in [-0.25, -0.2) is 4.68 Å². The lowest BCUT2D eigenvalue weighted by Crippen LogP contribution is -2.34. The Morgan fingerprint density at radius 3 is 2.31 bits per heavy atom. The van der Waals surface area contributed by atoms with E-state index in [0.717, 1.165) is 34.4 Å². The molecule has 0 bridgehead atoms. The summed E-state index contributed by atoms with van der Waals surface area (Å²) in [6.07, 6.45) is 1.21. The molecule has 1 aromatic heterocycles. The first kappa shape index (κ1) is 34.5. The topological polar surface area (TPSA) is 118 Å². The zero-order valence-electron chi connectivity index (χ0n) is 28.5. The average molecular weight is 651 g/mol. The van der Waals surface area contributed by atoms with E-state index in [2.05, 4.69) is 46.9 Å². The van der Waals surface area contributed by atoms with Crippen molar-refractivity contribution >= 4 is 23.4 Å². The van der Waals surface area contributed by atoms with Crippen molar-refractivity contribution in [2.24, 2.45) is 5.92 Å². The van der Waals surface area contributed by atoms with E-state index in [0.29, 0.717) is 37.0 Å². The lowest BCUT2D eigenvalue weighted by molar-refractivity contribution is -0.125. The first-order chi connectivity index (χ1) is 23.1. The molecule has 10 nitrogen and oxygen atoms in total. The predicted octanol–water partition coefficient (Wildman–Crippen LogP) is 5.86. The number of aromatic nitrogens is 3. The summed E-state index contributed by atoms with van der Waals surface area (Å²) in [6.45, 7) is 11.2. The van der Waals surface area contributed by atoms with Gasteiger partial charge in [0, 0.05) is 36.6 Å². The Kier molecular flexibility index (Phi) is 11.4. The van der Waals surface area contributed by atoms with Crippen molar-refractivity contribution in [3.63, 3.8) is 0 Å². The van der Waals surface area contributed by atoms with E-state index in [4.69, 9.17) is 4.74 Å². The summed E-state index contributed by atoms with van der Waals surface area (Å²) in [5.74, 6) is -0.0268. The number of nitrogens with zero attached hydrogens (tertiary/aromatic N) is 4. The highest BCUT2D eigenvalue weighted by Crippen LogP contribution is 2.41. The molecule has 1 atom stereocenters. The van der Waals surface area contributed by atoms with Crippen LogP contribution in [0.3, 0.4) is 0 Å². The summed E-state index contributed by atoms with van der Waals surface area (Å²) < 4.78 is 7.72. The van der Waals surface area contributed by atoms with E-state index >= 15 is 0 Å². The molecule has 0 aliphatic carbocycles. The number of hydrogen-bond donors (Lipinski definition) is 2. The van der Waals surface area contributed by atoms with Crippen LogP contribution in [-0.2, 0) is 38.8 Å².